The molecule has 1 aromatic carbocycles. The summed E-state index contributed by atoms with van der Waals surface area (Å²) in [7, 11) is 0. The molecular formula is C17H12F9NO5. The summed E-state index contributed by atoms with van der Waals surface area (Å²) in [5.41, 5.74) is -1.44. The zero-order valence-electron chi connectivity index (χ0n) is 15.7. The van der Waals surface area contributed by atoms with Crippen molar-refractivity contribution in [3.8, 4) is 0 Å². The number of nitro groups is 1. The van der Waals surface area contributed by atoms with E-state index in [1.54, 1.807) is 0 Å². The van der Waals surface area contributed by atoms with Gasteiger partial charge in [0.15, 0.2) is 5.78 Å². The van der Waals surface area contributed by atoms with Crippen LogP contribution in [-0.4, -0.2) is 47.2 Å². The lowest BCUT2D eigenvalue weighted by atomic mass is 10.0. The topological polar surface area (TPSA) is 86.5 Å². The summed E-state index contributed by atoms with van der Waals surface area (Å²) in [6, 6.07) is 4.32. The van der Waals surface area contributed by atoms with E-state index in [0.717, 1.165) is 31.2 Å². The van der Waals surface area contributed by atoms with Crippen LogP contribution in [0.4, 0.5) is 45.2 Å². The lowest BCUT2D eigenvalue weighted by molar-refractivity contribution is -0.397. The van der Waals surface area contributed by atoms with E-state index in [9.17, 15) is 59.2 Å². The van der Waals surface area contributed by atoms with Crippen LogP contribution in [-0.2, 0) is 14.3 Å². The quantitative estimate of drug-likeness (QED) is 0.0946. The maximum atomic E-state index is 13.4. The fourth-order valence-electron chi connectivity index (χ4n) is 2.11. The molecule has 0 spiro atoms. The number of carbonyl (C=O) groups excluding carboxylic acids is 2. The molecule has 6 nitrogen and oxygen atoms in total. The summed E-state index contributed by atoms with van der Waals surface area (Å²) in [5.74, 6) is -22.7. The van der Waals surface area contributed by atoms with E-state index in [4.69, 9.17) is 0 Å². The predicted octanol–water partition coefficient (Wildman–Crippen LogP) is 4.97. The summed E-state index contributed by atoms with van der Waals surface area (Å²) in [6.07, 6.45) is -8.68. The highest BCUT2D eigenvalue weighted by Crippen LogP contribution is 2.53. The molecule has 0 amide bonds. The molecule has 1 rings (SSSR count). The highest BCUT2D eigenvalue weighted by Gasteiger charge is 2.81. The van der Waals surface area contributed by atoms with Gasteiger partial charge in [0.2, 0.25) is 0 Å². The molecule has 0 unspecified atom stereocenters. The van der Waals surface area contributed by atoms with Crippen LogP contribution in [0.3, 0.4) is 0 Å². The van der Waals surface area contributed by atoms with E-state index >= 15 is 0 Å². The molecule has 0 aliphatic rings. The molecule has 0 atom stereocenters. The van der Waals surface area contributed by atoms with Crippen LogP contribution < -0.4 is 0 Å². The third-order valence-corrected chi connectivity index (χ3v) is 3.85. The van der Waals surface area contributed by atoms with E-state index in [2.05, 4.69) is 4.74 Å². The van der Waals surface area contributed by atoms with Gasteiger partial charge in [0, 0.05) is 12.1 Å². The van der Waals surface area contributed by atoms with Gasteiger partial charge in [-0.15, -0.1) is 0 Å². The highest BCUT2D eigenvalue weighted by atomic mass is 19.4. The van der Waals surface area contributed by atoms with Crippen molar-refractivity contribution >= 4 is 23.5 Å². The standard InChI is InChI=1S/C17H12F9NO5/c1-9(28)12(8-10-3-2-4-11(7-10)27(30)31)13(29)32-6-5-14(18,19)15(20,21)16(22,23)17(24,25)26/h2-4,7-8H,5-6H2,1H3. The smallest absolute Gasteiger partial charge is 0.460 e. The summed E-state index contributed by atoms with van der Waals surface area (Å²) in [5, 5.41) is 10.7. The van der Waals surface area contributed by atoms with Gasteiger partial charge >= 0.3 is 29.9 Å². The third-order valence-electron chi connectivity index (χ3n) is 3.85. The van der Waals surface area contributed by atoms with Gasteiger partial charge in [-0.3, -0.25) is 14.9 Å². The predicted molar refractivity (Wildman–Crippen MR) is 88.2 cm³/mol. The molecule has 0 radical (unpaired) electrons. The highest BCUT2D eigenvalue weighted by molar-refractivity contribution is 6.19. The lowest BCUT2D eigenvalue weighted by Gasteiger charge is -2.33. The van der Waals surface area contributed by atoms with Gasteiger partial charge in [-0.2, -0.15) is 39.5 Å². The Morgan fingerprint density at radius 3 is 2.06 bits per heavy atom. The minimum Gasteiger partial charge on any atom is -0.462 e. The molecule has 0 saturated heterocycles. The average Bonchev–Trinajstić information content (AvgIpc) is 2.64. The van der Waals surface area contributed by atoms with Gasteiger partial charge in [0.25, 0.3) is 5.69 Å². The Kier molecular flexibility index (Phi) is 7.70. The summed E-state index contributed by atoms with van der Waals surface area (Å²) < 4.78 is 119. The van der Waals surface area contributed by atoms with Gasteiger partial charge in [-0.1, -0.05) is 12.1 Å². The normalized spacial score (nSPS) is 13.6. The first kappa shape index (κ1) is 26.9. The molecule has 15 heteroatoms. The monoisotopic (exact) mass is 481 g/mol. The molecular weight excluding hydrogens is 469 g/mol. The van der Waals surface area contributed by atoms with Gasteiger partial charge in [-0.05, 0) is 18.6 Å². The Labute approximate surface area is 172 Å². The van der Waals surface area contributed by atoms with Crippen LogP contribution in [0.25, 0.3) is 6.08 Å². The van der Waals surface area contributed by atoms with E-state index in [0.29, 0.717) is 0 Å². The summed E-state index contributed by atoms with van der Waals surface area (Å²) in [6.45, 7) is -0.966. The van der Waals surface area contributed by atoms with Crippen molar-refractivity contribution < 1.29 is 58.8 Å². The first-order valence-electron chi connectivity index (χ1n) is 8.19. The van der Waals surface area contributed by atoms with Crippen LogP contribution in [0.5, 0.6) is 0 Å². The third kappa shape index (κ3) is 5.56. The number of alkyl halides is 9. The molecule has 178 valence electrons. The Balaban J connectivity index is 3.00. The number of ether oxygens (including phenoxy) is 1. The van der Waals surface area contributed by atoms with Crippen molar-refractivity contribution in [2.75, 3.05) is 6.61 Å². The first-order chi connectivity index (χ1) is 14.3. The second-order valence-corrected chi connectivity index (χ2v) is 6.20. The van der Waals surface area contributed by atoms with Gasteiger partial charge in [0.05, 0.1) is 18.0 Å². The fourth-order valence-corrected chi connectivity index (χ4v) is 2.11. The first-order valence-corrected chi connectivity index (χ1v) is 8.19. The van der Waals surface area contributed by atoms with Crippen molar-refractivity contribution in [2.45, 2.75) is 37.3 Å². The number of benzene rings is 1. The average molecular weight is 481 g/mol. The molecule has 0 aliphatic heterocycles. The van der Waals surface area contributed by atoms with Crippen LogP contribution in [0.1, 0.15) is 18.9 Å². The molecule has 32 heavy (non-hydrogen) atoms. The zero-order chi connectivity index (χ0) is 25.1. The van der Waals surface area contributed by atoms with E-state index < -0.39 is 64.9 Å². The fraction of sp³-hybridized carbons (Fsp3) is 0.412. The summed E-state index contributed by atoms with van der Waals surface area (Å²) in [4.78, 5) is 33.4. The molecule has 0 N–H and O–H groups in total. The van der Waals surface area contributed by atoms with Gasteiger partial charge < -0.3 is 4.74 Å². The van der Waals surface area contributed by atoms with Crippen LogP contribution >= 0.6 is 0 Å². The number of carbonyl (C=O) groups is 2. The minimum atomic E-state index is -7.08. The van der Waals surface area contributed by atoms with E-state index in [-0.39, 0.29) is 5.56 Å². The number of hydrogen-bond donors (Lipinski definition) is 0. The molecule has 0 saturated carbocycles. The zero-order valence-corrected chi connectivity index (χ0v) is 15.7. The van der Waals surface area contributed by atoms with Gasteiger partial charge in [-0.25, -0.2) is 4.79 Å². The SMILES string of the molecule is CC(=O)C(=Cc1cccc([N+](=O)[O-])c1)C(=O)OCCC(F)(F)C(F)(F)C(F)(F)C(F)(F)F. The Bertz CT molecular complexity index is 925. The number of esters is 1. The Morgan fingerprint density at radius 1 is 1.03 bits per heavy atom. The number of hydrogen-bond acceptors (Lipinski definition) is 5. The second-order valence-electron chi connectivity index (χ2n) is 6.20. The maximum absolute atomic E-state index is 13.4. The molecule has 1 aromatic rings. The lowest BCUT2D eigenvalue weighted by Crippen LogP contribution is -2.61. The number of ketones is 1. The second kappa shape index (κ2) is 9.16. The van der Waals surface area contributed by atoms with Crippen LogP contribution in [0.2, 0.25) is 0 Å². The minimum absolute atomic E-state index is 0.0944. The molecule has 0 bridgehead atoms. The molecule has 0 heterocycles. The molecule has 0 aromatic heterocycles. The number of nitrogens with zero attached hydrogens (tertiary/aromatic N) is 1. The summed E-state index contributed by atoms with van der Waals surface area (Å²) >= 11 is 0. The van der Waals surface area contributed by atoms with Crippen LogP contribution in [0.15, 0.2) is 29.8 Å². The van der Waals surface area contributed by atoms with E-state index in [1.165, 1.54) is 6.07 Å². The van der Waals surface area contributed by atoms with Gasteiger partial charge in [0.1, 0.15) is 5.57 Å². The maximum Gasteiger partial charge on any atom is 0.460 e. The van der Waals surface area contributed by atoms with Crippen LogP contribution in [0, 0.1) is 10.1 Å². The number of non-ortho nitro benzene ring substituents is 1. The van der Waals surface area contributed by atoms with Crippen molar-refractivity contribution in [1.82, 2.24) is 0 Å². The largest absolute Gasteiger partial charge is 0.462 e. The number of halogens is 9. The van der Waals surface area contributed by atoms with Crippen molar-refractivity contribution in [3.05, 3.63) is 45.5 Å². The van der Waals surface area contributed by atoms with E-state index in [1.807, 2.05) is 0 Å². The van der Waals surface area contributed by atoms with Crippen molar-refractivity contribution in [1.29, 1.82) is 0 Å². The molecule has 0 fully saturated rings. The number of Topliss-reactive ketones (excluding diaryl/α,β-unsaturated/α-hetero) is 1. The Morgan fingerprint density at radius 2 is 1.59 bits per heavy atom. The molecule has 0 aliphatic carbocycles. The Hall–Kier alpha value is -3.13. The number of nitro benzene ring substituents is 1. The number of rotatable bonds is 9. The van der Waals surface area contributed by atoms with Crippen molar-refractivity contribution in [2.24, 2.45) is 0 Å². The van der Waals surface area contributed by atoms with Crippen molar-refractivity contribution in [3.63, 3.8) is 0 Å².